The number of ether oxygens (including phenoxy) is 1. The summed E-state index contributed by atoms with van der Waals surface area (Å²) in [6.45, 7) is 1.82. The van der Waals surface area contributed by atoms with Crippen molar-refractivity contribution in [3.8, 4) is 0 Å². The highest BCUT2D eigenvalue weighted by Crippen LogP contribution is 2.11. The molecule has 0 saturated carbocycles. The zero-order valence-corrected chi connectivity index (χ0v) is 4.80. The maximum Gasteiger partial charge on any atom is 0.202 e. The molecule has 46 valence electrons. The Morgan fingerprint density at radius 1 is 1.75 bits per heavy atom. The molecule has 0 bridgehead atoms. The second-order valence-electron chi connectivity index (χ2n) is 1.92. The standard InChI is InChI=1S/C6H9FO/c1-5-3-2-4-6(7)8-5/h2-3,5-6H,4H2,1H3/t5?,6-/m0/s1. The van der Waals surface area contributed by atoms with Gasteiger partial charge in [0.2, 0.25) is 6.36 Å². The van der Waals surface area contributed by atoms with Crippen LogP contribution in [0.4, 0.5) is 4.39 Å². The van der Waals surface area contributed by atoms with E-state index in [1.54, 1.807) is 6.08 Å². The highest BCUT2D eigenvalue weighted by Gasteiger charge is 2.11. The van der Waals surface area contributed by atoms with Crippen molar-refractivity contribution in [3.63, 3.8) is 0 Å². The van der Waals surface area contributed by atoms with E-state index in [1.807, 2.05) is 13.0 Å². The molecule has 0 aliphatic carbocycles. The summed E-state index contributed by atoms with van der Waals surface area (Å²) < 4.78 is 16.9. The van der Waals surface area contributed by atoms with Crippen molar-refractivity contribution in [2.45, 2.75) is 25.8 Å². The second kappa shape index (κ2) is 2.27. The molecule has 8 heavy (non-hydrogen) atoms. The average Bonchev–Trinajstić information content (AvgIpc) is 1.64. The maximum atomic E-state index is 12.2. The van der Waals surface area contributed by atoms with Crippen LogP contribution < -0.4 is 0 Å². The summed E-state index contributed by atoms with van der Waals surface area (Å²) in [7, 11) is 0. The molecular weight excluding hydrogens is 107 g/mol. The fourth-order valence-electron chi connectivity index (χ4n) is 0.711. The number of hydrogen-bond donors (Lipinski definition) is 0. The first-order valence-electron chi connectivity index (χ1n) is 2.75. The second-order valence-corrected chi connectivity index (χ2v) is 1.92. The van der Waals surface area contributed by atoms with Gasteiger partial charge in [0, 0.05) is 6.42 Å². The Balaban J connectivity index is 2.42. The third-order valence-electron chi connectivity index (χ3n) is 1.09. The average molecular weight is 116 g/mol. The van der Waals surface area contributed by atoms with Crippen LogP contribution in [0.25, 0.3) is 0 Å². The number of rotatable bonds is 0. The monoisotopic (exact) mass is 116 g/mol. The molecule has 0 aromatic rings. The number of hydrogen-bond acceptors (Lipinski definition) is 1. The lowest BCUT2D eigenvalue weighted by Gasteiger charge is -2.15. The third kappa shape index (κ3) is 1.30. The SMILES string of the molecule is CC1C=CC[C@@H](F)O1. The summed E-state index contributed by atoms with van der Waals surface area (Å²) in [5.41, 5.74) is 0. The molecule has 0 N–H and O–H groups in total. The zero-order valence-electron chi connectivity index (χ0n) is 4.80. The van der Waals surface area contributed by atoms with E-state index in [0.29, 0.717) is 6.42 Å². The summed E-state index contributed by atoms with van der Waals surface area (Å²) in [6, 6.07) is 0. The minimum atomic E-state index is -1.07. The van der Waals surface area contributed by atoms with E-state index in [4.69, 9.17) is 4.74 Å². The van der Waals surface area contributed by atoms with Crippen LogP contribution in [0.2, 0.25) is 0 Å². The van der Waals surface area contributed by atoms with Gasteiger partial charge in [-0.1, -0.05) is 12.2 Å². The Morgan fingerprint density at radius 2 is 2.50 bits per heavy atom. The van der Waals surface area contributed by atoms with E-state index >= 15 is 0 Å². The topological polar surface area (TPSA) is 9.23 Å². The van der Waals surface area contributed by atoms with E-state index in [1.165, 1.54) is 0 Å². The summed E-state index contributed by atoms with van der Waals surface area (Å²) in [4.78, 5) is 0. The molecule has 0 fully saturated rings. The number of alkyl halides is 1. The highest BCUT2D eigenvalue weighted by molar-refractivity contribution is 4.91. The van der Waals surface area contributed by atoms with E-state index < -0.39 is 6.36 Å². The van der Waals surface area contributed by atoms with Gasteiger partial charge in [0.15, 0.2) is 0 Å². The normalized spacial score (nSPS) is 37.8. The molecule has 1 unspecified atom stereocenters. The summed E-state index contributed by atoms with van der Waals surface area (Å²) in [5.74, 6) is 0. The molecule has 1 rings (SSSR count). The lowest BCUT2D eigenvalue weighted by molar-refractivity contribution is -0.0655. The molecule has 0 amide bonds. The van der Waals surface area contributed by atoms with Crippen LogP contribution >= 0.6 is 0 Å². The van der Waals surface area contributed by atoms with E-state index in [-0.39, 0.29) is 6.10 Å². The van der Waals surface area contributed by atoms with Crippen molar-refractivity contribution in [2.75, 3.05) is 0 Å². The third-order valence-corrected chi connectivity index (χ3v) is 1.09. The van der Waals surface area contributed by atoms with Gasteiger partial charge in [-0.25, -0.2) is 4.39 Å². The molecule has 0 saturated heterocycles. The largest absolute Gasteiger partial charge is 0.341 e. The molecule has 0 radical (unpaired) electrons. The summed E-state index contributed by atoms with van der Waals surface area (Å²) in [6.07, 6.45) is 2.95. The molecule has 1 nitrogen and oxygen atoms in total. The van der Waals surface area contributed by atoms with Crippen LogP contribution in [0, 0.1) is 0 Å². The molecule has 2 heteroatoms. The first-order chi connectivity index (χ1) is 3.79. The van der Waals surface area contributed by atoms with Crippen molar-refractivity contribution >= 4 is 0 Å². The maximum absolute atomic E-state index is 12.2. The van der Waals surface area contributed by atoms with Gasteiger partial charge < -0.3 is 4.74 Å². The Morgan fingerprint density at radius 3 is 2.88 bits per heavy atom. The van der Waals surface area contributed by atoms with Gasteiger partial charge in [0.25, 0.3) is 0 Å². The molecule has 2 atom stereocenters. The fraction of sp³-hybridized carbons (Fsp3) is 0.667. The van der Waals surface area contributed by atoms with Gasteiger partial charge in [-0.05, 0) is 6.92 Å². The smallest absolute Gasteiger partial charge is 0.202 e. The minimum Gasteiger partial charge on any atom is -0.341 e. The molecule has 1 aliphatic rings. The van der Waals surface area contributed by atoms with Crippen molar-refractivity contribution in [1.29, 1.82) is 0 Å². The Hall–Kier alpha value is -0.370. The van der Waals surface area contributed by atoms with Crippen molar-refractivity contribution < 1.29 is 9.13 Å². The summed E-state index contributed by atoms with van der Waals surface area (Å²) >= 11 is 0. The van der Waals surface area contributed by atoms with Crippen LogP contribution in [0.15, 0.2) is 12.2 Å². The van der Waals surface area contributed by atoms with E-state index in [2.05, 4.69) is 0 Å². The summed E-state index contributed by atoms with van der Waals surface area (Å²) in [5, 5.41) is 0. The predicted molar refractivity (Wildman–Crippen MR) is 29.2 cm³/mol. The zero-order chi connectivity index (χ0) is 5.98. The van der Waals surface area contributed by atoms with Crippen LogP contribution in [-0.2, 0) is 4.74 Å². The quantitative estimate of drug-likeness (QED) is 0.437. The Bertz CT molecular complexity index is 101. The first-order valence-corrected chi connectivity index (χ1v) is 2.75. The first kappa shape index (κ1) is 5.76. The van der Waals surface area contributed by atoms with Gasteiger partial charge in [-0.15, -0.1) is 0 Å². The predicted octanol–water partition coefficient (Wildman–Crippen LogP) is 1.65. The molecule has 1 heterocycles. The molecule has 0 aromatic heterocycles. The highest BCUT2D eigenvalue weighted by atomic mass is 19.1. The molecular formula is C6H9FO. The fourth-order valence-corrected chi connectivity index (χ4v) is 0.711. The van der Waals surface area contributed by atoms with Crippen molar-refractivity contribution in [1.82, 2.24) is 0 Å². The van der Waals surface area contributed by atoms with Gasteiger partial charge >= 0.3 is 0 Å². The van der Waals surface area contributed by atoms with Crippen molar-refractivity contribution in [2.24, 2.45) is 0 Å². The van der Waals surface area contributed by atoms with Gasteiger partial charge in [0.1, 0.15) is 0 Å². The van der Waals surface area contributed by atoms with Crippen molar-refractivity contribution in [3.05, 3.63) is 12.2 Å². The molecule has 0 spiro atoms. The van der Waals surface area contributed by atoms with Crippen LogP contribution in [0.5, 0.6) is 0 Å². The van der Waals surface area contributed by atoms with E-state index in [9.17, 15) is 4.39 Å². The lowest BCUT2D eigenvalue weighted by Crippen LogP contribution is -2.16. The number of halogens is 1. The van der Waals surface area contributed by atoms with Crippen LogP contribution in [0.1, 0.15) is 13.3 Å². The van der Waals surface area contributed by atoms with Gasteiger partial charge in [-0.3, -0.25) is 0 Å². The minimum absolute atomic E-state index is 0.0428. The molecule has 1 aliphatic heterocycles. The van der Waals surface area contributed by atoms with Crippen LogP contribution in [-0.4, -0.2) is 12.5 Å². The Kier molecular flexibility index (Phi) is 1.63. The van der Waals surface area contributed by atoms with Crippen LogP contribution in [0.3, 0.4) is 0 Å². The Labute approximate surface area is 48.1 Å². The molecule has 0 aromatic carbocycles. The lowest BCUT2D eigenvalue weighted by atomic mass is 10.2. The van der Waals surface area contributed by atoms with Gasteiger partial charge in [0.05, 0.1) is 6.10 Å². The van der Waals surface area contributed by atoms with E-state index in [0.717, 1.165) is 0 Å². The van der Waals surface area contributed by atoms with Gasteiger partial charge in [-0.2, -0.15) is 0 Å².